The zero-order valence-electron chi connectivity index (χ0n) is 9.26. The van der Waals surface area contributed by atoms with E-state index >= 15 is 0 Å². The van der Waals surface area contributed by atoms with Gasteiger partial charge in [-0.15, -0.1) is 0 Å². The third kappa shape index (κ3) is 2.32. The van der Waals surface area contributed by atoms with Gasteiger partial charge in [0.1, 0.15) is 0 Å². The first-order valence-electron chi connectivity index (χ1n) is 4.79. The summed E-state index contributed by atoms with van der Waals surface area (Å²) in [5, 5.41) is 8.60. The van der Waals surface area contributed by atoms with Crippen molar-refractivity contribution in [2.75, 3.05) is 0 Å². The SMILES string of the molecule is Cc1nc(C(C)(C)C)ccc1CC#N. The highest BCUT2D eigenvalue weighted by Crippen LogP contribution is 2.21. The van der Waals surface area contributed by atoms with Crippen LogP contribution >= 0.6 is 0 Å². The predicted molar refractivity (Wildman–Crippen MR) is 57.0 cm³/mol. The van der Waals surface area contributed by atoms with Crippen molar-refractivity contribution in [3.63, 3.8) is 0 Å². The Kier molecular flexibility index (Phi) is 2.90. The molecule has 0 saturated heterocycles. The standard InChI is InChI=1S/C12H16N2/c1-9-10(7-8-13)5-6-11(14-9)12(2,3)4/h5-6H,7H2,1-4H3. The van der Waals surface area contributed by atoms with Gasteiger partial charge in [-0.05, 0) is 18.6 Å². The minimum Gasteiger partial charge on any atom is -0.257 e. The molecule has 1 aromatic rings. The highest BCUT2D eigenvalue weighted by Gasteiger charge is 2.15. The summed E-state index contributed by atoms with van der Waals surface area (Å²) in [7, 11) is 0. The summed E-state index contributed by atoms with van der Waals surface area (Å²) in [6.45, 7) is 8.37. The van der Waals surface area contributed by atoms with Crippen LogP contribution in [0.25, 0.3) is 0 Å². The van der Waals surface area contributed by atoms with E-state index in [1.807, 2.05) is 19.1 Å². The molecule has 14 heavy (non-hydrogen) atoms. The number of hydrogen-bond donors (Lipinski definition) is 0. The van der Waals surface area contributed by atoms with Crippen LogP contribution in [0.1, 0.15) is 37.7 Å². The van der Waals surface area contributed by atoms with Crippen molar-refractivity contribution in [3.05, 3.63) is 29.1 Å². The maximum Gasteiger partial charge on any atom is 0.0670 e. The Morgan fingerprint density at radius 2 is 2.00 bits per heavy atom. The molecule has 0 N–H and O–H groups in total. The van der Waals surface area contributed by atoms with Crippen LogP contribution < -0.4 is 0 Å². The highest BCUT2D eigenvalue weighted by molar-refractivity contribution is 5.27. The quantitative estimate of drug-likeness (QED) is 0.679. The monoisotopic (exact) mass is 188 g/mol. The minimum absolute atomic E-state index is 0.0793. The third-order valence-electron chi connectivity index (χ3n) is 2.23. The van der Waals surface area contributed by atoms with Crippen LogP contribution in [-0.2, 0) is 11.8 Å². The van der Waals surface area contributed by atoms with E-state index in [0.717, 1.165) is 17.0 Å². The highest BCUT2D eigenvalue weighted by atomic mass is 14.7. The smallest absolute Gasteiger partial charge is 0.0670 e. The average Bonchev–Trinajstić information content (AvgIpc) is 2.07. The number of nitriles is 1. The molecule has 0 aromatic carbocycles. The zero-order chi connectivity index (χ0) is 10.8. The Labute approximate surface area is 85.6 Å². The van der Waals surface area contributed by atoms with Gasteiger partial charge in [-0.1, -0.05) is 26.8 Å². The van der Waals surface area contributed by atoms with Crippen LogP contribution in [0.2, 0.25) is 0 Å². The summed E-state index contributed by atoms with van der Waals surface area (Å²) in [6, 6.07) is 6.16. The molecule has 0 bridgehead atoms. The van der Waals surface area contributed by atoms with Gasteiger partial charge in [-0.25, -0.2) is 0 Å². The molecular formula is C12H16N2. The molecular weight excluding hydrogens is 172 g/mol. The van der Waals surface area contributed by atoms with E-state index in [-0.39, 0.29) is 5.41 Å². The second kappa shape index (κ2) is 3.79. The molecule has 0 aliphatic rings. The van der Waals surface area contributed by atoms with Crippen molar-refractivity contribution in [1.29, 1.82) is 5.26 Å². The number of pyridine rings is 1. The molecule has 1 aromatic heterocycles. The topological polar surface area (TPSA) is 36.7 Å². The van der Waals surface area contributed by atoms with Gasteiger partial charge in [0.05, 0.1) is 12.5 Å². The minimum atomic E-state index is 0.0793. The van der Waals surface area contributed by atoms with Gasteiger partial charge in [0.2, 0.25) is 0 Å². The van der Waals surface area contributed by atoms with Crippen molar-refractivity contribution < 1.29 is 0 Å². The van der Waals surface area contributed by atoms with Gasteiger partial charge < -0.3 is 0 Å². The summed E-state index contributed by atoms with van der Waals surface area (Å²) >= 11 is 0. The number of aromatic nitrogens is 1. The first kappa shape index (κ1) is 10.7. The van der Waals surface area contributed by atoms with Crippen LogP contribution in [0.5, 0.6) is 0 Å². The Bertz CT molecular complexity index is 367. The molecule has 0 fully saturated rings. The molecule has 74 valence electrons. The van der Waals surface area contributed by atoms with E-state index in [0.29, 0.717) is 6.42 Å². The van der Waals surface area contributed by atoms with Crippen LogP contribution in [0.3, 0.4) is 0 Å². The second-order valence-electron chi connectivity index (χ2n) is 4.53. The fourth-order valence-corrected chi connectivity index (χ4v) is 1.28. The maximum absolute atomic E-state index is 8.60. The fraction of sp³-hybridized carbons (Fsp3) is 0.500. The molecule has 0 radical (unpaired) electrons. The molecule has 1 rings (SSSR count). The number of aryl methyl sites for hydroxylation is 1. The lowest BCUT2D eigenvalue weighted by Crippen LogP contribution is -2.14. The summed E-state index contributed by atoms with van der Waals surface area (Å²) < 4.78 is 0. The van der Waals surface area contributed by atoms with Crippen LogP contribution in [-0.4, -0.2) is 4.98 Å². The number of rotatable bonds is 1. The van der Waals surface area contributed by atoms with Crippen molar-refractivity contribution >= 4 is 0 Å². The first-order valence-corrected chi connectivity index (χ1v) is 4.79. The van der Waals surface area contributed by atoms with Crippen LogP contribution in [0.4, 0.5) is 0 Å². The normalized spacial score (nSPS) is 11.1. The summed E-state index contributed by atoms with van der Waals surface area (Å²) in [5.41, 5.74) is 3.16. The van der Waals surface area contributed by atoms with E-state index in [1.165, 1.54) is 0 Å². The molecule has 0 aliphatic heterocycles. The Morgan fingerprint density at radius 1 is 1.36 bits per heavy atom. The van der Waals surface area contributed by atoms with Crippen molar-refractivity contribution in [2.24, 2.45) is 0 Å². The lowest BCUT2D eigenvalue weighted by atomic mass is 9.91. The number of hydrogen-bond acceptors (Lipinski definition) is 2. The zero-order valence-corrected chi connectivity index (χ0v) is 9.26. The lowest BCUT2D eigenvalue weighted by Gasteiger charge is -2.18. The average molecular weight is 188 g/mol. The summed E-state index contributed by atoms with van der Waals surface area (Å²) in [6.07, 6.45) is 0.448. The third-order valence-corrected chi connectivity index (χ3v) is 2.23. The largest absolute Gasteiger partial charge is 0.257 e. The molecule has 0 unspecified atom stereocenters. The molecule has 0 aliphatic carbocycles. The van der Waals surface area contributed by atoms with Crippen molar-refractivity contribution in [3.8, 4) is 6.07 Å². The Morgan fingerprint density at radius 3 is 2.43 bits per heavy atom. The first-order chi connectivity index (χ1) is 6.45. The summed E-state index contributed by atoms with van der Waals surface area (Å²) in [5.74, 6) is 0. The second-order valence-corrected chi connectivity index (χ2v) is 4.53. The molecule has 0 saturated carbocycles. The predicted octanol–water partition coefficient (Wildman–Crippen LogP) is 2.75. The Hall–Kier alpha value is -1.36. The summed E-state index contributed by atoms with van der Waals surface area (Å²) in [4.78, 5) is 4.51. The van der Waals surface area contributed by atoms with E-state index in [1.54, 1.807) is 0 Å². The molecule has 2 nitrogen and oxygen atoms in total. The van der Waals surface area contributed by atoms with Gasteiger partial charge in [-0.2, -0.15) is 5.26 Å². The molecule has 0 amide bonds. The molecule has 0 spiro atoms. The molecule has 2 heteroatoms. The van der Waals surface area contributed by atoms with Crippen LogP contribution in [0.15, 0.2) is 12.1 Å². The molecule has 1 heterocycles. The lowest BCUT2D eigenvalue weighted by molar-refractivity contribution is 0.566. The number of nitrogens with zero attached hydrogens (tertiary/aromatic N) is 2. The van der Waals surface area contributed by atoms with E-state index in [4.69, 9.17) is 5.26 Å². The Balaban J connectivity index is 3.08. The van der Waals surface area contributed by atoms with E-state index in [2.05, 4.69) is 31.8 Å². The maximum atomic E-state index is 8.60. The van der Waals surface area contributed by atoms with E-state index < -0.39 is 0 Å². The van der Waals surface area contributed by atoms with Gasteiger partial charge in [0.15, 0.2) is 0 Å². The fourth-order valence-electron chi connectivity index (χ4n) is 1.28. The van der Waals surface area contributed by atoms with E-state index in [9.17, 15) is 0 Å². The van der Waals surface area contributed by atoms with Gasteiger partial charge in [0.25, 0.3) is 0 Å². The molecule has 0 atom stereocenters. The van der Waals surface area contributed by atoms with Gasteiger partial charge in [-0.3, -0.25) is 4.98 Å². The van der Waals surface area contributed by atoms with Crippen LogP contribution in [0, 0.1) is 18.3 Å². The van der Waals surface area contributed by atoms with Gasteiger partial charge in [0, 0.05) is 16.8 Å². The van der Waals surface area contributed by atoms with Crippen molar-refractivity contribution in [2.45, 2.75) is 39.5 Å². The van der Waals surface area contributed by atoms with Gasteiger partial charge >= 0.3 is 0 Å². The van der Waals surface area contributed by atoms with Crippen molar-refractivity contribution in [1.82, 2.24) is 4.98 Å².